The van der Waals surface area contributed by atoms with Crippen LogP contribution in [0.25, 0.3) is 0 Å². The van der Waals surface area contributed by atoms with Crippen LogP contribution in [0.2, 0.25) is 0 Å². The molecule has 35 heavy (non-hydrogen) atoms. The van der Waals surface area contributed by atoms with Gasteiger partial charge in [0.05, 0.1) is 18.8 Å². The second kappa shape index (κ2) is 11.6. The lowest BCUT2D eigenvalue weighted by atomic mass is 9.95. The molecule has 9 N–H and O–H groups in total. The van der Waals surface area contributed by atoms with Gasteiger partial charge in [-0.1, -0.05) is 0 Å². The highest BCUT2D eigenvalue weighted by Gasteiger charge is 2.52. The largest absolute Gasteiger partial charge is 0.394 e. The molecule has 0 radical (unpaired) electrons. The second-order valence-electron chi connectivity index (χ2n) is 9.04. The molecule has 0 bridgehead atoms. The Morgan fingerprint density at radius 1 is 0.743 bits per heavy atom. The van der Waals surface area contributed by atoms with E-state index in [1.165, 1.54) is 13.8 Å². The minimum Gasteiger partial charge on any atom is -0.394 e. The van der Waals surface area contributed by atoms with Gasteiger partial charge < -0.3 is 69.9 Å². The zero-order valence-electron chi connectivity index (χ0n) is 19.4. The molecular weight excluding hydrogens is 478 g/mol. The van der Waals surface area contributed by atoms with Crippen LogP contribution < -0.4 is 5.32 Å². The Morgan fingerprint density at radius 3 is 1.94 bits per heavy atom. The number of carbonyl (C=O) groups excluding carboxylic acids is 1. The summed E-state index contributed by atoms with van der Waals surface area (Å²) in [6.07, 6.45) is -20.5. The van der Waals surface area contributed by atoms with Crippen molar-refractivity contribution in [3.63, 3.8) is 0 Å². The number of carbonyl (C=O) groups is 1. The number of hydrogen-bond donors (Lipinski definition) is 9. The number of hydrogen-bond acceptors (Lipinski definition) is 14. The third kappa shape index (κ3) is 5.93. The molecular formula is C20H35NO14. The molecule has 3 rings (SSSR count). The van der Waals surface area contributed by atoms with Gasteiger partial charge in [0, 0.05) is 6.92 Å². The topological polar surface area (TPSA) is 237 Å². The molecule has 3 aliphatic heterocycles. The highest BCUT2D eigenvalue weighted by molar-refractivity contribution is 5.73. The summed E-state index contributed by atoms with van der Waals surface area (Å²) in [5.41, 5.74) is 0. The van der Waals surface area contributed by atoms with E-state index in [4.69, 9.17) is 23.7 Å². The summed E-state index contributed by atoms with van der Waals surface area (Å²) in [5, 5.41) is 84.4. The lowest BCUT2D eigenvalue weighted by Gasteiger charge is -2.48. The van der Waals surface area contributed by atoms with Gasteiger partial charge in [-0.3, -0.25) is 4.79 Å². The van der Waals surface area contributed by atoms with Gasteiger partial charge in [0.1, 0.15) is 61.0 Å². The molecule has 0 saturated carbocycles. The molecule has 15 heteroatoms. The standard InChI is InChI=1S/C20H35NO14/c1-5-10(24)14(28)17(18(30)31-5)35-20-15(29)16(11(25)6(2)32-20)34-19-9(21-7(3)23)13(27)12(26)8(4-22)33-19/h5-6,8-20,22,24-30H,4H2,1-3H3,(H,21,23)/t5-,6-,8+,9+,10-,11-,12+,13+,14+,15+,16+,17+,18+,19-,20-/m0/s1. The van der Waals surface area contributed by atoms with Crippen molar-refractivity contribution in [2.24, 2.45) is 0 Å². The fraction of sp³-hybridized carbons (Fsp3) is 0.950. The van der Waals surface area contributed by atoms with Crippen molar-refractivity contribution in [1.82, 2.24) is 5.32 Å². The first-order chi connectivity index (χ1) is 16.4. The van der Waals surface area contributed by atoms with Crippen molar-refractivity contribution >= 4 is 5.91 Å². The van der Waals surface area contributed by atoms with E-state index >= 15 is 0 Å². The molecule has 3 aliphatic rings. The van der Waals surface area contributed by atoms with Crippen LogP contribution in [0.15, 0.2) is 0 Å². The number of rotatable bonds is 6. The van der Waals surface area contributed by atoms with E-state index in [9.17, 15) is 45.6 Å². The third-order valence-corrected chi connectivity index (χ3v) is 6.42. The number of aliphatic hydroxyl groups excluding tert-OH is 8. The Hall–Kier alpha value is -1.05. The van der Waals surface area contributed by atoms with E-state index in [1.807, 2.05) is 0 Å². The number of nitrogens with one attached hydrogen (secondary N) is 1. The minimum atomic E-state index is -1.77. The Morgan fingerprint density at radius 2 is 1.34 bits per heavy atom. The normalized spacial score (nSPS) is 51.1. The summed E-state index contributed by atoms with van der Waals surface area (Å²) in [5.74, 6) is -0.600. The van der Waals surface area contributed by atoms with Crippen molar-refractivity contribution in [3.05, 3.63) is 0 Å². The monoisotopic (exact) mass is 513 g/mol. The van der Waals surface area contributed by atoms with Crippen LogP contribution in [0.4, 0.5) is 0 Å². The average molecular weight is 513 g/mol. The second-order valence-corrected chi connectivity index (χ2v) is 9.04. The highest BCUT2D eigenvalue weighted by Crippen LogP contribution is 2.32. The molecule has 0 unspecified atom stereocenters. The molecule has 0 aliphatic carbocycles. The van der Waals surface area contributed by atoms with Gasteiger partial charge in [0.25, 0.3) is 0 Å². The van der Waals surface area contributed by atoms with Gasteiger partial charge >= 0.3 is 0 Å². The van der Waals surface area contributed by atoms with Crippen LogP contribution in [0.1, 0.15) is 20.8 Å². The van der Waals surface area contributed by atoms with Gasteiger partial charge in [-0.05, 0) is 13.8 Å². The quantitative estimate of drug-likeness (QED) is 0.161. The van der Waals surface area contributed by atoms with E-state index in [2.05, 4.69) is 5.32 Å². The SMILES string of the molecule is CC(=O)N[C@H]1[C@H](O[C@@H]2[C@@H](O)[C@H](C)O[C@@H](O[C@@H]3[C@H](O)[C@@H](O)[C@H](C)O[C@H]3O)[C@@H]2O)O[C@H](CO)[C@@H](O)[C@@H]1O. The Bertz CT molecular complexity index is 715. The van der Waals surface area contributed by atoms with E-state index in [0.717, 1.165) is 6.92 Å². The number of aliphatic hydroxyl groups is 8. The molecule has 15 nitrogen and oxygen atoms in total. The molecule has 15 atom stereocenters. The predicted molar refractivity (Wildman–Crippen MR) is 110 cm³/mol. The molecule has 1 amide bonds. The summed E-state index contributed by atoms with van der Waals surface area (Å²) in [4.78, 5) is 11.6. The smallest absolute Gasteiger partial charge is 0.217 e. The zero-order chi connectivity index (χ0) is 26.2. The van der Waals surface area contributed by atoms with Crippen molar-refractivity contribution in [2.45, 2.75) is 113 Å². The first-order valence-electron chi connectivity index (χ1n) is 11.3. The van der Waals surface area contributed by atoms with Gasteiger partial charge in [-0.15, -0.1) is 0 Å². The molecule has 0 aromatic rings. The maximum Gasteiger partial charge on any atom is 0.217 e. The van der Waals surface area contributed by atoms with Gasteiger partial charge in [-0.25, -0.2) is 0 Å². The molecule has 3 fully saturated rings. The van der Waals surface area contributed by atoms with Crippen molar-refractivity contribution in [1.29, 1.82) is 0 Å². The van der Waals surface area contributed by atoms with Crippen LogP contribution in [-0.2, 0) is 28.5 Å². The zero-order valence-corrected chi connectivity index (χ0v) is 19.4. The molecule has 0 spiro atoms. The molecule has 3 saturated heterocycles. The van der Waals surface area contributed by atoms with Crippen molar-refractivity contribution in [2.75, 3.05) is 6.61 Å². The number of ether oxygens (including phenoxy) is 5. The van der Waals surface area contributed by atoms with Gasteiger partial charge in [0.2, 0.25) is 5.91 Å². The van der Waals surface area contributed by atoms with E-state index in [0.29, 0.717) is 0 Å². The fourth-order valence-corrected chi connectivity index (χ4v) is 4.33. The molecule has 0 aromatic carbocycles. The third-order valence-electron chi connectivity index (χ3n) is 6.42. The van der Waals surface area contributed by atoms with Crippen molar-refractivity contribution < 1.29 is 69.3 Å². The molecule has 3 heterocycles. The van der Waals surface area contributed by atoms with Crippen LogP contribution in [0, 0.1) is 0 Å². The first-order valence-corrected chi connectivity index (χ1v) is 11.3. The van der Waals surface area contributed by atoms with Crippen LogP contribution in [0.3, 0.4) is 0 Å². The lowest BCUT2D eigenvalue weighted by molar-refractivity contribution is -0.373. The number of amides is 1. The summed E-state index contributed by atoms with van der Waals surface area (Å²) in [6.45, 7) is 3.30. The summed E-state index contributed by atoms with van der Waals surface area (Å²) in [7, 11) is 0. The maximum absolute atomic E-state index is 11.6. The van der Waals surface area contributed by atoms with Crippen LogP contribution in [-0.4, -0.2) is 145 Å². The first kappa shape index (κ1) is 28.5. The summed E-state index contributed by atoms with van der Waals surface area (Å²) < 4.78 is 27.3. The van der Waals surface area contributed by atoms with Crippen LogP contribution in [0.5, 0.6) is 0 Å². The fourth-order valence-electron chi connectivity index (χ4n) is 4.33. The average Bonchev–Trinajstić information content (AvgIpc) is 2.80. The Labute approximate surface area is 200 Å². The van der Waals surface area contributed by atoms with E-state index < -0.39 is 105 Å². The van der Waals surface area contributed by atoms with E-state index in [-0.39, 0.29) is 0 Å². The highest BCUT2D eigenvalue weighted by atomic mass is 16.7. The minimum absolute atomic E-state index is 0.600. The van der Waals surface area contributed by atoms with E-state index in [1.54, 1.807) is 0 Å². The van der Waals surface area contributed by atoms with Crippen LogP contribution >= 0.6 is 0 Å². The Balaban J connectivity index is 1.79. The lowest BCUT2D eigenvalue weighted by Crippen LogP contribution is -2.68. The molecule has 0 aromatic heterocycles. The van der Waals surface area contributed by atoms with Crippen molar-refractivity contribution in [3.8, 4) is 0 Å². The summed E-state index contributed by atoms with van der Waals surface area (Å²) in [6, 6.07) is -1.34. The maximum atomic E-state index is 11.6. The predicted octanol–water partition coefficient (Wildman–Crippen LogP) is -5.37. The Kier molecular flexibility index (Phi) is 9.42. The van der Waals surface area contributed by atoms with Gasteiger partial charge in [0.15, 0.2) is 18.9 Å². The molecule has 204 valence electrons. The summed E-state index contributed by atoms with van der Waals surface area (Å²) >= 11 is 0. The van der Waals surface area contributed by atoms with Gasteiger partial charge in [-0.2, -0.15) is 0 Å².